The van der Waals surface area contributed by atoms with E-state index >= 15 is 0 Å². The zero-order valence-electron chi connectivity index (χ0n) is 13.1. The Balaban J connectivity index is 2.05. The van der Waals surface area contributed by atoms with Crippen molar-refractivity contribution in [2.45, 2.75) is 52.5 Å². The van der Waals surface area contributed by atoms with Crippen LogP contribution in [0.4, 0.5) is 0 Å². The highest BCUT2D eigenvalue weighted by Gasteiger charge is 2.20. The van der Waals surface area contributed by atoms with Crippen LogP contribution in [0.15, 0.2) is 24.3 Å². The first-order chi connectivity index (χ1) is 10.2. The summed E-state index contributed by atoms with van der Waals surface area (Å²) in [4.78, 5) is 20.2. The molecule has 0 aliphatic rings. The van der Waals surface area contributed by atoms with Gasteiger partial charge in [-0.3, -0.25) is 4.79 Å². The number of rotatable bonds is 7. The van der Waals surface area contributed by atoms with Crippen molar-refractivity contribution >= 4 is 16.9 Å². The molecule has 0 fully saturated rings. The number of hydrogen-bond acceptors (Lipinski definition) is 2. The predicted molar refractivity (Wildman–Crippen MR) is 86.0 cm³/mol. The van der Waals surface area contributed by atoms with E-state index in [-0.39, 0.29) is 17.9 Å². The van der Waals surface area contributed by atoms with Crippen molar-refractivity contribution in [1.29, 1.82) is 0 Å². The lowest BCUT2D eigenvalue weighted by atomic mass is 9.97. The van der Waals surface area contributed by atoms with Crippen LogP contribution < -0.4 is 5.32 Å². The first-order valence-corrected chi connectivity index (χ1v) is 7.90. The molecule has 1 atom stereocenters. The summed E-state index contributed by atoms with van der Waals surface area (Å²) in [5, 5.41) is 3.09. The van der Waals surface area contributed by atoms with Crippen LogP contribution in [0.2, 0.25) is 0 Å². The molecular formula is C17H25N3O. The first kappa shape index (κ1) is 15.5. The summed E-state index contributed by atoms with van der Waals surface area (Å²) < 4.78 is 0. The van der Waals surface area contributed by atoms with Gasteiger partial charge >= 0.3 is 0 Å². The molecule has 0 bridgehead atoms. The Kier molecular flexibility index (Phi) is 5.37. The van der Waals surface area contributed by atoms with E-state index in [1.807, 2.05) is 31.2 Å². The van der Waals surface area contributed by atoms with Gasteiger partial charge < -0.3 is 10.3 Å². The fraction of sp³-hybridized carbons (Fsp3) is 0.529. The van der Waals surface area contributed by atoms with Gasteiger partial charge in [-0.05, 0) is 31.9 Å². The van der Waals surface area contributed by atoms with E-state index in [1.165, 1.54) is 0 Å². The number of aromatic nitrogens is 2. The van der Waals surface area contributed by atoms with Gasteiger partial charge in [0, 0.05) is 5.92 Å². The van der Waals surface area contributed by atoms with E-state index in [0.29, 0.717) is 0 Å². The summed E-state index contributed by atoms with van der Waals surface area (Å²) in [6, 6.07) is 7.82. The topological polar surface area (TPSA) is 57.8 Å². The number of amides is 1. The van der Waals surface area contributed by atoms with E-state index in [2.05, 4.69) is 29.1 Å². The van der Waals surface area contributed by atoms with Gasteiger partial charge in [-0.2, -0.15) is 0 Å². The van der Waals surface area contributed by atoms with Gasteiger partial charge in [0.1, 0.15) is 5.82 Å². The number of H-pyrrole nitrogens is 1. The van der Waals surface area contributed by atoms with Crippen molar-refractivity contribution < 1.29 is 4.79 Å². The normalized spacial score (nSPS) is 12.8. The Bertz CT molecular complexity index is 551. The van der Waals surface area contributed by atoms with Crippen LogP contribution in [0.1, 0.15) is 58.3 Å². The molecule has 2 aromatic rings. The Morgan fingerprint density at radius 1 is 1.24 bits per heavy atom. The number of hydrogen-bond donors (Lipinski definition) is 2. The third kappa shape index (κ3) is 3.84. The van der Waals surface area contributed by atoms with Crippen LogP contribution in [0.25, 0.3) is 11.0 Å². The van der Waals surface area contributed by atoms with Crippen molar-refractivity contribution in [1.82, 2.24) is 15.3 Å². The average molecular weight is 287 g/mol. The summed E-state index contributed by atoms with van der Waals surface area (Å²) in [7, 11) is 0. The zero-order valence-corrected chi connectivity index (χ0v) is 13.1. The van der Waals surface area contributed by atoms with Crippen LogP contribution in [0, 0.1) is 5.92 Å². The van der Waals surface area contributed by atoms with E-state index in [9.17, 15) is 4.79 Å². The lowest BCUT2D eigenvalue weighted by Crippen LogP contribution is -2.33. The lowest BCUT2D eigenvalue weighted by molar-refractivity contribution is -0.126. The van der Waals surface area contributed by atoms with E-state index < -0.39 is 0 Å². The van der Waals surface area contributed by atoms with Crippen LogP contribution in [0.3, 0.4) is 0 Å². The van der Waals surface area contributed by atoms with Gasteiger partial charge in [0.2, 0.25) is 5.91 Å². The van der Waals surface area contributed by atoms with Crippen LogP contribution >= 0.6 is 0 Å². The SMILES string of the molecule is CCCC(CCC)C(=O)NC(C)c1nc2ccccc2[nH]1. The lowest BCUT2D eigenvalue weighted by Gasteiger charge is -2.18. The molecule has 2 N–H and O–H groups in total. The number of nitrogens with one attached hydrogen (secondary N) is 2. The zero-order chi connectivity index (χ0) is 15.2. The second-order valence-electron chi connectivity index (χ2n) is 5.64. The fourth-order valence-electron chi connectivity index (χ4n) is 2.68. The molecule has 0 spiro atoms. The van der Waals surface area contributed by atoms with Gasteiger partial charge in [0.05, 0.1) is 17.1 Å². The van der Waals surface area contributed by atoms with Crippen LogP contribution in [0.5, 0.6) is 0 Å². The predicted octanol–water partition coefficient (Wildman–Crippen LogP) is 3.96. The van der Waals surface area contributed by atoms with E-state index in [0.717, 1.165) is 42.5 Å². The summed E-state index contributed by atoms with van der Waals surface area (Å²) >= 11 is 0. The Morgan fingerprint density at radius 3 is 2.52 bits per heavy atom. The number of para-hydroxylation sites is 2. The van der Waals surface area contributed by atoms with Gasteiger partial charge in [0.25, 0.3) is 0 Å². The van der Waals surface area contributed by atoms with Crippen LogP contribution in [-0.4, -0.2) is 15.9 Å². The summed E-state index contributed by atoms with van der Waals surface area (Å²) in [5.74, 6) is 1.08. The van der Waals surface area contributed by atoms with Gasteiger partial charge in [0.15, 0.2) is 0 Å². The molecule has 1 amide bonds. The fourth-order valence-corrected chi connectivity index (χ4v) is 2.68. The third-order valence-electron chi connectivity index (χ3n) is 3.82. The number of aromatic amines is 1. The molecule has 0 radical (unpaired) electrons. The molecule has 1 aromatic carbocycles. The molecule has 1 heterocycles. The summed E-state index contributed by atoms with van der Waals surface area (Å²) in [5.41, 5.74) is 1.94. The summed E-state index contributed by atoms with van der Waals surface area (Å²) in [6.45, 7) is 6.22. The van der Waals surface area contributed by atoms with Crippen molar-refractivity contribution in [3.05, 3.63) is 30.1 Å². The Morgan fingerprint density at radius 2 is 1.90 bits per heavy atom. The van der Waals surface area contributed by atoms with Crippen molar-refractivity contribution in [2.24, 2.45) is 5.92 Å². The first-order valence-electron chi connectivity index (χ1n) is 7.90. The highest BCUT2D eigenvalue weighted by Crippen LogP contribution is 2.18. The molecule has 1 aromatic heterocycles. The molecule has 114 valence electrons. The van der Waals surface area contributed by atoms with E-state index in [4.69, 9.17) is 0 Å². The molecular weight excluding hydrogens is 262 g/mol. The number of fused-ring (bicyclic) bond motifs is 1. The number of carbonyl (C=O) groups excluding carboxylic acids is 1. The minimum atomic E-state index is -0.0962. The number of carbonyl (C=O) groups is 1. The maximum absolute atomic E-state index is 12.4. The highest BCUT2D eigenvalue weighted by atomic mass is 16.1. The smallest absolute Gasteiger partial charge is 0.223 e. The van der Waals surface area contributed by atoms with Gasteiger partial charge in [-0.1, -0.05) is 38.8 Å². The molecule has 0 saturated heterocycles. The standard InChI is InChI=1S/C17H25N3O/c1-4-8-13(9-5-2)17(21)18-12(3)16-19-14-10-6-7-11-15(14)20-16/h6-7,10-13H,4-5,8-9H2,1-3H3,(H,18,21)(H,19,20). The van der Waals surface area contributed by atoms with Crippen LogP contribution in [-0.2, 0) is 4.79 Å². The average Bonchev–Trinajstić information content (AvgIpc) is 2.91. The monoisotopic (exact) mass is 287 g/mol. The molecule has 0 aliphatic heterocycles. The second-order valence-corrected chi connectivity index (χ2v) is 5.64. The number of benzene rings is 1. The number of imidazole rings is 1. The molecule has 4 heteroatoms. The maximum Gasteiger partial charge on any atom is 0.223 e. The molecule has 2 rings (SSSR count). The van der Waals surface area contributed by atoms with Crippen molar-refractivity contribution in [3.63, 3.8) is 0 Å². The van der Waals surface area contributed by atoms with Gasteiger partial charge in [-0.15, -0.1) is 0 Å². The minimum Gasteiger partial charge on any atom is -0.346 e. The van der Waals surface area contributed by atoms with E-state index in [1.54, 1.807) is 0 Å². The number of nitrogens with zero attached hydrogens (tertiary/aromatic N) is 1. The molecule has 1 unspecified atom stereocenters. The summed E-state index contributed by atoms with van der Waals surface area (Å²) in [6.07, 6.45) is 3.98. The molecule has 0 saturated carbocycles. The minimum absolute atomic E-state index is 0.0962. The molecule has 21 heavy (non-hydrogen) atoms. The maximum atomic E-state index is 12.4. The second kappa shape index (κ2) is 7.25. The van der Waals surface area contributed by atoms with Gasteiger partial charge in [-0.25, -0.2) is 4.98 Å². The molecule has 4 nitrogen and oxygen atoms in total. The largest absolute Gasteiger partial charge is 0.346 e. The highest BCUT2D eigenvalue weighted by molar-refractivity contribution is 5.79. The third-order valence-corrected chi connectivity index (χ3v) is 3.82. The Hall–Kier alpha value is -1.84. The quantitative estimate of drug-likeness (QED) is 0.810. The van der Waals surface area contributed by atoms with Crippen molar-refractivity contribution in [3.8, 4) is 0 Å². The van der Waals surface area contributed by atoms with Crippen molar-refractivity contribution in [2.75, 3.05) is 0 Å². The molecule has 0 aliphatic carbocycles. The Labute approximate surface area is 126 Å².